The van der Waals surface area contributed by atoms with E-state index in [-0.39, 0.29) is 21.7 Å². The Balaban J connectivity index is 2.38. The highest BCUT2D eigenvalue weighted by Crippen LogP contribution is 2.22. The molecule has 0 amide bonds. The van der Waals surface area contributed by atoms with Crippen LogP contribution in [0.5, 0.6) is 0 Å². The van der Waals surface area contributed by atoms with Crippen molar-refractivity contribution in [3.8, 4) is 0 Å². The predicted octanol–water partition coefficient (Wildman–Crippen LogP) is 1.82. The van der Waals surface area contributed by atoms with E-state index in [1.165, 1.54) is 18.3 Å². The van der Waals surface area contributed by atoms with Crippen molar-refractivity contribution in [2.24, 2.45) is 0 Å². The fourth-order valence-corrected chi connectivity index (χ4v) is 2.76. The molecule has 0 unspecified atom stereocenters. The van der Waals surface area contributed by atoms with Crippen LogP contribution in [-0.4, -0.2) is 18.4 Å². The van der Waals surface area contributed by atoms with Crippen LogP contribution in [0.2, 0.25) is 5.28 Å². The Kier molecular flexibility index (Phi) is 3.59. The summed E-state index contributed by atoms with van der Waals surface area (Å²) >= 11 is 5.59. The minimum Gasteiger partial charge on any atom is -0.398 e. The second-order valence-electron chi connectivity index (χ2n) is 3.86. The fourth-order valence-electron chi connectivity index (χ4n) is 1.50. The molecular formula is C11H11ClN4O2S. The standard InChI is InChI=1S/C11H11ClN4O2S/c1-7-2-3-9(8(13)6-7)19(17,18)16-10-4-5-14-11(12)15-10/h2-6H,13H2,1H3,(H,14,15,16). The monoisotopic (exact) mass is 298 g/mol. The molecule has 0 aliphatic carbocycles. The Labute approximate surface area is 115 Å². The number of aryl methyl sites for hydroxylation is 1. The molecule has 0 fully saturated rings. The number of nitrogen functional groups attached to an aromatic ring is 1. The number of aromatic nitrogens is 2. The van der Waals surface area contributed by atoms with Crippen molar-refractivity contribution in [1.29, 1.82) is 0 Å². The first kappa shape index (κ1) is 13.6. The van der Waals surface area contributed by atoms with Crippen LogP contribution in [-0.2, 0) is 10.0 Å². The Morgan fingerprint density at radius 3 is 2.68 bits per heavy atom. The molecule has 1 heterocycles. The van der Waals surface area contributed by atoms with Gasteiger partial charge in [-0.05, 0) is 42.3 Å². The van der Waals surface area contributed by atoms with E-state index in [4.69, 9.17) is 17.3 Å². The molecule has 6 nitrogen and oxygen atoms in total. The van der Waals surface area contributed by atoms with Gasteiger partial charge in [-0.25, -0.2) is 13.4 Å². The molecule has 0 aliphatic rings. The third-order valence-corrected chi connectivity index (χ3v) is 3.93. The molecule has 100 valence electrons. The molecule has 2 rings (SSSR count). The zero-order chi connectivity index (χ0) is 14.0. The second kappa shape index (κ2) is 5.02. The van der Waals surface area contributed by atoms with E-state index >= 15 is 0 Å². The van der Waals surface area contributed by atoms with Gasteiger partial charge in [0.25, 0.3) is 10.0 Å². The van der Waals surface area contributed by atoms with Crippen LogP contribution in [0.15, 0.2) is 35.4 Å². The van der Waals surface area contributed by atoms with Gasteiger partial charge in [-0.2, -0.15) is 4.98 Å². The van der Waals surface area contributed by atoms with Crippen LogP contribution in [0.3, 0.4) is 0 Å². The number of anilines is 2. The van der Waals surface area contributed by atoms with Gasteiger partial charge in [-0.1, -0.05) is 6.07 Å². The first-order valence-corrected chi connectivity index (χ1v) is 7.12. The van der Waals surface area contributed by atoms with Gasteiger partial charge < -0.3 is 5.73 Å². The summed E-state index contributed by atoms with van der Waals surface area (Å²) in [6, 6.07) is 6.09. The third kappa shape index (κ3) is 3.12. The second-order valence-corrected chi connectivity index (χ2v) is 5.85. The van der Waals surface area contributed by atoms with Crippen molar-refractivity contribution >= 4 is 33.1 Å². The largest absolute Gasteiger partial charge is 0.398 e. The highest BCUT2D eigenvalue weighted by atomic mass is 35.5. The number of hydrogen-bond donors (Lipinski definition) is 2. The molecule has 0 saturated carbocycles. The Bertz CT molecular complexity index is 718. The van der Waals surface area contributed by atoms with Crippen LogP contribution in [0, 0.1) is 6.92 Å². The van der Waals surface area contributed by atoms with Gasteiger partial charge in [-0.15, -0.1) is 0 Å². The lowest BCUT2D eigenvalue weighted by Gasteiger charge is -2.09. The average Bonchev–Trinajstić information content (AvgIpc) is 2.27. The number of halogens is 1. The van der Waals surface area contributed by atoms with Crippen molar-refractivity contribution in [2.75, 3.05) is 10.5 Å². The molecular weight excluding hydrogens is 288 g/mol. The third-order valence-electron chi connectivity index (χ3n) is 2.32. The van der Waals surface area contributed by atoms with E-state index in [2.05, 4.69) is 14.7 Å². The average molecular weight is 299 g/mol. The van der Waals surface area contributed by atoms with E-state index in [9.17, 15) is 8.42 Å². The number of sulfonamides is 1. The molecule has 1 aromatic carbocycles. The van der Waals surface area contributed by atoms with Crippen LogP contribution < -0.4 is 10.5 Å². The number of nitrogens with two attached hydrogens (primary N) is 1. The summed E-state index contributed by atoms with van der Waals surface area (Å²) in [4.78, 5) is 7.41. The predicted molar refractivity (Wildman–Crippen MR) is 73.4 cm³/mol. The van der Waals surface area contributed by atoms with Gasteiger partial charge in [0.05, 0.1) is 5.69 Å². The first-order valence-electron chi connectivity index (χ1n) is 5.26. The van der Waals surface area contributed by atoms with Crippen molar-refractivity contribution < 1.29 is 8.42 Å². The summed E-state index contributed by atoms with van der Waals surface area (Å²) in [5.74, 6) is 0.0833. The van der Waals surface area contributed by atoms with Gasteiger partial charge >= 0.3 is 0 Å². The van der Waals surface area contributed by atoms with Crippen molar-refractivity contribution in [3.05, 3.63) is 41.3 Å². The summed E-state index contributed by atoms with van der Waals surface area (Å²) in [6.45, 7) is 1.82. The topological polar surface area (TPSA) is 98.0 Å². The molecule has 0 radical (unpaired) electrons. The molecule has 0 saturated heterocycles. The lowest BCUT2D eigenvalue weighted by atomic mass is 10.2. The van der Waals surface area contributed by atoms with Crippen molar-refractivity contribution in [3.63, 3.8) is 0 Å². The maximum Gasteiger partial charge on any atom is 0.265 e. The van der Waals surface area contributed by atoms with Gasteiger partial charge in [0.2, 0.25) is 5.28 Å². The van der Waals surface area contributed by atoms with Crippen LogP contribution in [0.4, 0.5) is 11.5 Å². The van der Waals surface area contributed by atoms with Gasteiger partial charge in [-0.3, -0.25) is 4.72 Å². The lowest BCUT2D eigenvalue weighted by Crippen LogP contribution is -2.15. The normalized spacial score (nSPS) is 11.3. The first-order chi connectivity index (χ1) is 8.88. The number of benzene rings is 1. The van der Waals surface area contributed by atoms with E-state index in [1.54, 1.807) is 12.1 Å². The molecule has 8 heteroatoms. The summed E-state index contributed by atoms with van der Waals surface area (Å²) < 4.78 is 26.6. The Hall–Kier alpha value is -1.86. The van der Waals surface area contributed by atoms with Gasteiger partial charge in [0.1, 0.15) is 10.7 Å². The maximum atomic E-state index is 12.2. The quantitative estimate of drug-likeness (QED) is 0.665. The summed E-state index contributed by atoms with van der Waals surface area (Å²) in [7, 11) is -3.80. The van der Waals surface area contributed by atoms with Crippen molar-refractivity contribution in [2.45, 2.75) is 11.8 Å². The molecule has 3 N–H and O–H groups in total. The van der Waals surface area contributed by atoms with E-state index < -0.39 is 10.0 Å². The number of nitrogens with one attached hydrogen (secondary N) is 1. The van der Waals surface area contributed by atoms with Crippen molar-refractivity contribution in [1.82, 2.24) is 9.97 Å². The summed E-state index contributed by atoms with van der Waals surface area (Å²) in [6.07, 6.45) is 1.35. The van der Waals surface area contributed by atoms with Gasteiger partial charge in [0, 0.05) is 6.20 Å². The number of rotatable bonds is 3. The number of nitrogens with zero attached hydrogens (tertiary/aromatic N) is 2. The minimum atomic E-state index is -3.80. The molecule has 0 aliphatic heterocycles. The molecule has 0 spiro atoms. The number of hydrogen-bond acceptors (Lipinski definition) is 5. The maximum absolute atomic E-state index is 12.2. The minimum absolute atomic E-state index is 0.00663. The van der Waals surface area contributed by atoms with Gasteiger partial charge in [0.15, 0.2) is 0 Å². The van der Waals surface area contributed by atoms with Crippen LogP contribution in [0.1, 0.15) is 5.56 Å². The smallest absolute Gasteiger partial charge is 0.265 e. The summed E-state index contributed by atoms with van der Waals surface area (Å²) in [5.41, 5.74) is 6.76. The Morgan fingerprint density at radius 1 is 1.32 bits per heavy atom. The molecule has 19 heavy (non-hydrogen) atoms. The molecule has 2 aromatic rings. The molecule has 0 atom stereocenters. The highest BCUT2D eigenvalue weighted by molar-refractivity contribution is 7.92. The zero-order valence-corrected chi connectivity index (χ0v) is 11.5. The molecule has 0 bridgehead atoms. The van der Waals surface area contributed by atoms with Crippen LogP contribution >= 0.6 is 11.6 Å². The molecule has 1 aromatic heterocycles. The zero-order valence-electron chi connectivity index (χ0n) is 9.96. The van der Waals surface area contributed by atoms with E-state index in [0.29, 0.717) is 0 Å². The van der Waals surface area contributed by atoms with E-state index in [0.717, 1.165) is 5.56 Å². The Morgan fingerprint density at radius 2 is 2.05 bits per heavy atom. The fraction of sp³-hybridized carbons (Fsp3) is 0.0909. The highest BCUT2D eigenvalue weighted by Gasteiger charge is 2.18. The van der Waals surface area contributed by atoms with Crippen LogP contribution in [0.25, 0.3) is 0 Å². The van der Waals surface area contributed by atoms with E-state index in [1.807, 2.05) is 6.92 Å². The lowest BCUT2D eigenvalue weighted by molar-refractivity contribution is 0.601. The summed E-state index contributed by atoms with van der Waals surface area (Å²) in [5, 5.41) is -0.0444. The SMILES string of the molecule is Cc1ccc(S(=O)(=O)Nc2ccnc(Cl)n2)c(N)c1.